The summed E-state index contributed by atoms with van der Waals surface area (Å²) in [6.45, 7) is 2.23. The van der Waals surface area contributed by atoms with Gasteiger partial charge in [0.05, 0.1) is 19.0 Å². The van der Waals surface area contributed by atoms with E-state index in [1.54, 1.807) is 0 Å². The van der Waals surface area contributed by atoms with Crippen LogP contribution in [0, 0.1) is 0 Å². The number of rotatable bonds is 3. The van der Waals surface area contributed by atoms with Crippen LogP contribution < -0.4 is 5.56 Å². The number of H-pyrrole nitrogens is 1. The zero-order valence-electron chi connectivity index (χ0n) is 7.24. The molecule has 13 heavy (non-hydrogen) atoms. The summed E-state index contributed by atoms with van der Waals surface area (Å²) in [5.74, 6) is -0.549. The van der Waals surface area contributed by atoms with Crippen LogP contribution in [-0.2, 0) is 4.74 Å². The Labute approximate surface area is 74.8 Å². The van der Waals surface area contributed by atoms with E-state index in [0.29, 0.717) is 6.61 Å². The van der Waals surface area contributed by atoms with Gasteiger partial charge in [0, 0.05) is 0 Å². The smallest absolute Gasteiger partial charge is 0.356 e. The number of carbonyl (C=O) groups excluding carboxylic acids is 1. The summed E-state index contributed by atoms with van der Waals surface area (Å²) in [5, 5.41) is 0. The van der Waals surface area contributed by atoms with Gasteiger partial charge in [-0.25, -0.2) is 4.79 Å². The maximum atomic E-state index is 11.1. The van der Waals surface area contributed by atoms with E-state index in [2.05, 4.69) is 9.97 Å². The Balaban J connectivity index is 2.71. The second-order valence-corrected chi connectivity index (χ2v) is 2.45. The molecule has 0 aliphatic carbocycles. The second kappa shape index (κ2) is 4.39. The number of carbonyl (C=O) groups is 1. The number of esters is 1. The minimum atomic E-state index is -0.549. The normalized spacial score (nSPS) is 9.62. The Morgan fingerprint density at radius 3 is 3.00 bits per heavy atom. The lowest BCUT2D eigenvalue weighted by Crippen LogP contribution is -2.15. The highest BCUT2D eigenvalue weighted by Gasteiger charge is 2.06. The van der Waals surface area contributed by atoms with Crippen LogP contribution in [0.1, 0.15) is 23.8 Å². The van der Waals surface area contributed by atoms with E-state index in [1.807, 2.05) is 6.92 Å². The molecule has 0 aromatic carbocycles. The first-order valence-electron chi connectivity index (χ1n) is 3.95. The van der Waals surface area contributed by atoms with E-state index >= 15 is 0 Å². The van der Waals surface area contributed by atoms with Crippen molar-refractivity contribution >= 4 is 5.97 Å². The average molecular weight is 182 g/mol. The summed E-state index contributed by atoms with van der Waals surface area (Å²) in [6, 6.07) is 0. The van der Waals surface area contributed by atoms with Gasteiger partial charge in [-0.3, -0.25) is 9.78 Å². The van der Waals surface area contributed by atoms with Gasteiger partial charge in [0.15, 0.2) is 0 Å². The highest BCUT2D eigenvalue weighted by atomic mass is 16.5. The lowest BCUT2D eigenvalue weighted by Gasteiger charge is -2.00. The number of hydrogen-bond acceptors (Lipinski definition) is 4. The van der Waals surface area contributed by atoms with E-state index in [-0.39, 0.29) is 5.69 Å². The highest BCUT2D eigenvalue weighted by Crippen LogP contribution is 1.92. The molecule has 1 rings (SSSR count). The first kappa shape index (κ1) is 9.44. The summed E-state index contributed by atoms with van der Waals surface area (Å²) in [7, 11) is 0. The van der Waals surface area contributed by atoms with Gasteiger partial charge >= 0.3 is 5.97 Å². The van der Waals surface area contributed by atoms with Crippen molar-refractivity contribution in [3.8, 4) is 0 Å². The zero-order valence-corrected chi connectivity index (χ0v) is 7.24. The van der Waals surface area contributed by atoms with E-state index in [9.17, 15) is 9.59 Å². The lowest BCUT2D eigenvalue weighted by atomic mass is 10.4. The molecular weight excluding hydrogens is 172 g/mol. The van der Waals surface area contributed by atoms with Crippen LogP contribution >= 0.6 is 0 Å². The van der Waals surface area contributed by atoms with Gasteiger partial charge in [0.2, 0.25) is 0 Å². The topological polar surface area (TPSA) is 72.0 Å². The van der Waals surface area contributed by atoms with Gasteiger partial charge < -0.3 is 9.72 Å². The van der Waals surface area contributed by atoms with Crippen molar-refractivity contribution in [1.82, 2.24) is 9.97 Å². The van der Waals surface area contributed by atoms with Crippen molar-refractivity contribution in [3.63, 3.8) is 0 Å². The minimum absolute atomic E-state index is 0.0842. The summed E-state index contributed by atoms with van der Waals surface area (Å²) >= 11 is 0. The second-order valence-electron chi connectivity index (χ2n) is 2.45. The predicted octanol–water partition coefficient (Wildman–Crippen LogP) is 0.337. The van der Waals surface area contributed by atoms with Gasteiger partial charge in [-0.1, -0.05) is 6.92 Å². The van der Waals surface area contributed by atoms with Crippen molar-refractivity contribution in [3.05, 3.63) is 28.4 Å². The lowest BCUT2D eigenvalue weighted by molar-refractivity contribution is 0.0497. The molecule has 0 saturated heterocycles. The first-order chi connectivity index (χ1) is 6.24. The van der Waals surface area contributed by atoms with Gasteiger partial charge in [-0.15, -0.1) is 0 Å². The molecule has 0 amide bonds. The van der Waals surface area contributed by atoms with Gasteiger partial charge in [0.1, 0.15) is 5.69 Å². The number of nitrogens with one attached hydrogen (secondary N) is 1. The molecule has 0 radical (unpaired) electrons. The molecular formula is C8H10N2O3. The number of hydrogen-bond donors (Lipinski definition) is 1. The third kappa shape index (κ3) is 2.70. The number of aromatic amines is 1. The molecule has 5 nitrogen and oxygen atoms in total. The molecule has 0 saturated carbocycles. The van der Waals surface area contributed by atoms with E-state index in [4.69, 9.17) is 4.74 Å². The average Bonchev–Trinajstić information content (AvgIpc) is 2.14. The van der Waals surface area contributed by atoms with E-state index in [1.165, 1.54) is 6.20 Å². The Hall–Kier alpha value is -1.65. The molecule has 70 valence electrons. The van der Waals surface area contributed by atoms with Gasteiger partial charge in [-0.2, -0.15) is 0 Å². The number of ether oxygens (including phenoxy) is 1. The van der Waals surface area contributed by atoms with Crippen molar-refractivity contribution < 1.29 is 9.53 Å². The molecule has 1 N–H and O–H groups in total. The molecule has 5 heteroatoms. The summed E-state index contributed by atoms with van der Waals surface area (Å²) in [6.07, 6.45) is 3.10. The van der Waals surface area contributed by atoms with Gasteiger partial charge in [-0.05, 0) is 6.42 Å². The van der Waals surface area contributed by atoms with Crippen LogP contribution in [0.15, 0.2) is 17.2 Å². The molecule has 0 unspecified atom stereocenters. The molecule has 1 heterocycles. The third-order valence-electron chi connectivity index (χ3n) is 1.31. The van der Waals surface area contributed by atoms with E-state index in [0.717, 1.165) is 12.6 Å². The predicted molar refractivity (Wildman–Crippen MR) is 45.4 cm³/mol. The largest absolute Gasteiger partial charge is 0.461 e. The number of nitrogens with zero attached hydrogens (tertiary/aromatic N) is 1. The first-order valence-corrected chi connectivity index (χ1v) is 3.95. The Morgan fingerprint density at radius 1 is 1.62 bits per heavy atom. The van der Waals surface area contributed by atoms with Crippen molar-refractivity contribution in [2.45, 2.75) is 13.3 Å². The van der Waals surface area contributed by atoms with Crippen LogP contribution in [0.3, 0.4) is 0 Å². The van der Waals surface area contributed by atoms with Crippen LogP contribution in [-0.4, -0.2) is 22.5 Å². The minimum Gasteiger partial charge on any atom is -0.461 e. The molecule has 0 aliphatic heterocycles. The fourth-order valence-electron chi connectivity index (χ4n) is 0.753. The fourth-order valence-corrected chi connectivity index (χ4v) is 0.753. The SMILES string of the molecule is CCCOC(=O)c1cncc(=O)[nH]1. The monoisotopic (exact) mass is 182 g/mol. The quantitative estimate of drug-likeness (QED) is 0.684. The van der Waals surface area contributed by atoms with Crippen molar-refractivity contribution in [2.75, 3.05) is 6.61 Å². The molecule has 0 spiro atoms. The van der Waals surface area contributed by atoms with Crippen molar-refractivity contribution in [2.24, 2.45) is 0 Å². The molecule has 0 fully saturated rings. The molecule has 1 aromatic rings. The highest BCUT2D eigenvalue weighted by molar-refractivity contribution is 5.86. The van der Waals surface area contributed by atoms with Crippen molar-refractivity contribution in [1.29, 1.82) is 0 Å². The molecule has 0 aliphatic rings. The Kier molecular flexibility index (Phi) is 3.19. The summed E-state index contributed by atoms with van der Waals surface area (Å²) < 4.78 is 4.78. The Bertz CT molecular complexity index is 345. The van der Waals surface area contributed by atoms with Gasteiger partial charge in [0.25, 0.3) is 5.56 Å². The summed E-state index contributed by atoms with van der Waals surface area (Å²) in [4.78, 5) is 27.8. The zero-order chi connectivity index (χ0) is 9.68. The molecule has 1 aromatic heterocycles. The van der Waals surface area contributed by atoms with Crippen LogP contribution in [0.25, 0.3) is 0 Å². The maximum Gasteiger partial charge on any atom is 0.356 e. The molecule has 0 atom stereocenters. The van der Waals surface area contributed by atoms with Crippen LogP contribution in [0.4, 0.5) is 0 Å². The van der Waals surface area contributed by atoms with Crippen LogP contribution in [0.2, 0.25) is 0 Å². The van der Waals surface area contributed by atoms with E-state index < -0.39 is 11.5 Å². The fraction of sp³-hybridized carbons (Fsp3) is 0.375. The molecule has 0 bridgehead atoms. The third-order valence-corrected chi connectivity index (χ3v) is 1.31. The number of aromatic nitrogens is 2. The van der Waals surface area contributed by atoms with Crippen LogP contribution in [0.5, 0.6) is 0 Å². The maximum absolute atomic E-state index is 11.1. The summed E-state index contributed by atoms with van der Waals surface area (Å²) in [5.41, 5.74) is -0.327. The Morgan fingerprint density at radius 2 is 2.38 bits per heavy atom. The standard InChI is InChI=1S/C8H10N2O3/c1-2-3-13-8(12)6-4-9-5-7(11)10-6/h4-5H,2-3H2,1H3,(H,10,11).